The van der Waals surface area contributed by atoms with E-state index in [1.807, 2.05) is 9.47 Å². The molecule has 1 saturated carbocycles. The minimum Gasteiger partial charge on any atom is -0.366 e. The number of fused-ring (bicyclic) bond motifs is 2. The number of hydrogen-bond acceptors (Lipinski definition) is 5. The Morgan fingerprint density at radius 3 is 2.65 bits per heavy atom. The molecular formula is C17H16BrFN4O3. The fraction of sp³-hybridized carbons (Fsp3) is 0.412. The maximum absolute atomic E-state index is 15.0. The second-order valence-electron chi connectivity index (χ2n) is 6.80. The van der Waals surface area contributed by atoms with Crippen LogP contribution in [0.5, 0.6) is 0 Å². The molecule has 2 fully saturated rings. The van der Waals surface area contributed by atoms with E-state index in [0.29, 0.717) is 28.8 Å². The third kappa shape index (κ3) is 2.20. The summed E-state index contributed by atoms with van der Waals surface area (Å²) in [4.78, 5) is 26.9. The lowest BCUT2D eigenvalue weighted by atomic mass is 10.1. The van der Waals surface area contributed by atoms with Gasteiger partial charge in [0.05, 0.1) is 21.1 Å². The minimum absolute atomic E-state index is 0.0503. The number of rotatable bonds is 2. The predicted molar refractivity (Wildman–Crippen MR) is 99.6 cm³/mol. The molecule has 2 N–H and O–H groups in total. The number of H-pyrrole nitrogens is 1. The summed E-state index contributed by atoms with van der Waals surface area (Å²) in [5.41, 5.74) is 0.179. The quantitative estimate of drug-likeness (QED) is 0.660. The third-order valence-corrected chi connectivity index (χ3v) is 5.88. The largest absolute Gasteiger partial charge is 0.366 e. The Balaban J connectivity index is 1.92. The van der Waals surface area contributed by atoms with Gasteiger partial charge < -0.3 is 19.3 Å². The van der Waals surface area contributed by atoms with Crippen molar-refractivity contribution in [3.63, 3.8) is 0 Å². The predicted octanol–water partition coefficient (Wildman–Crippen LogP) is 2.08. The van der Waals surface area contributed by atoms with Gasteiger partial charge in [0.25, 0.3) is 5.56 Å². The van der Waals surface area contributed by atoms with Crippen LogP contribution in [-0.4, -0.2) is 35.9 Å². The van der Waals surface area contributed by atoms with Crippen molar-refractivity contribution < 1.29 is 8.91 Å². The van der Waals surface area contributed by atoms with Gasteiger partial charge in [0.15, 0.2) is 5.39 Å². The van der Waals surface area contributed by atoms with Gasteiger partial charge >= 0.3 is 0 Å². The first kappa shape index (κ1) is 16.1. The monoisotopic (exact) mass is 422 g/mol. The molecule has 1 saturated heterocycles. The van der Waals surface area contributed by atoms with Gasteiger partial charge in [-0.3, -0.25) is 9.59 Å². The van der Waals surface area contributed by atoms with Crippen LogP contribution in [0.3, 0.4) is 0 Å². The number of aromatic nitrogens is 2. The SMILES string of the molecule is O=c1[nH]oc2c1c(=O)c1cc(F)c(N3CCNCC3)c(Br)c1n2C1CC1. The van der Waals surface area contributed by atoms with E-state index in [2.05, 4.69) is 26.4 Å². The molecule has 3 aromatic rings. The van der Waals surface area contributed by atoms with Gasteiger partial charge in [-0.2, -0.15) is 5.16 Å². The first-order valence-corrected chi connectivity index (χ1v) is 9.40. The molecule has 0 atom stereocenters. The average Bonchev–Trinajstić information content (AvgIpc) is 3.39. The Bertz CT molecular complexity index is 1150. The van der Waals surface area contributed by atoms with Crippen molar-refractivity contribution in [3.8, 4) is 0 Å². The van der Waals surface area contributed by atoms with Gasteiger partial charge in [0.1, 0.15) is 5.82 Å². The molecule has 0 bridgehead atoms. The molecule has 136 valence electrons. The van der Waals surface area contributed by atoms with Crippen LogP contribution >= 0.6 is 15.9 Å². The topological polar surface area (TPSA) is 83.3 Å². The summed E-state index contributed by atoms with van der Waals surface area (Å²) in [5.74, 6) is -0.468. The van der Waals surface area contributed by atoms with E-state index in [9.17, 15) is 14.0 Å². The van der Waals surface area contributed by atoms with Crippen LogP contribution in [0.1, 0.15) is 18.9 Å². The highest BCUT2D eigenvalue weighted by Crippen LogP contribution is 2.43. The van der Waals surface area contributed by atoms with Gasteiger partial charge in [-0.25, -0.2) is 4.39 Å². The number of anilines is 1. The summed E-state index contributed by atoms with van der Waals surface area (Å²) in [5, 5.41) is 5.64. The van der Waals surface area contributed by atoms with Gasteiger partial charge in [-0.05, 0) is 34.8 Å². The van der Waals surface area contributed by atoms with Crippen molar-refractivity contribution in [2.75, 3.05) is 31.1 Å². The number of hydrogen-bond donors (Lipinski definition) is 2. The van der Waals surface area contributed by atoms with Crippen LogP contribution < -0.4 is 21.2 Å². The number of pyridine rings is 1. The molecule has 0 unspecified atom stereocenters. The van der Waals surface area contributed by atoms with E-state index in [1.54, 1.807) is 0 Å². The van der Waals surface area contributed by atoms with Crippen LogP contribution in [0.25, 0.3) is 22.0 Å². The molecule has 2 aromatic heterocycles. The first-order chi connectivity index (χ1) is 12.6. The van der Waals surface area contributed by atoms with Crippen molar-refractivity contribution in [3.05, 3.63) is 36.9 Å². The lowest BCUT2D eigenvalue weighted by Gasteiger charge is -2.31. The standard InChI is InChI=1S/C17H16BrFN4O3/c18-12-13-9(7-10(19)14(12)22-5-3-20-4-6-22)15(24)11-16(25)21-26-17(11)23(13)8-1-2-8/h7-8,20H,1-6H2,(H,21,25). The number of aromatic amines is 1. The summed E-state index contributed by atoms with van der Waals surface area (Å²) < 4.78 is 22.7. The smallest absolute Gasteiger partial charge is 0.293 e. The van der Waals surface area contributed by atoms with Gasteiger partial charge in [0, 0.05) is 32.2 Å². The van der Waals surface area contributed by atoms with E-state index >= 15 is 0 Å². The maximum Gasteiger partial charge on any atom is 0.293 e. The Morgan fingerprint density at radius 2 is 1.96 bits per heavy atom. The van der Waals surface area contributed by atoms with Gasteiger partial charge in [0.2, 0.25) is 11.1 Å². The molecule has 7 nitrogen and oxygen atoms in total. The highest BCUT2D eigenvalue weighted by molar-refractivity contribution is 9.10. The molecule has 0 spiro atoms. The zero-order chi connectivity index (χ0) is 18.0. The summed E-state index contributed by atoms with van der Waals surface area (Å²) in [6, 6.07) is 1.39. The van der Waals surface area contributed by atoms with Crippen LogP contribution in [0, 0.1) is 5.82 Å². The van der Waals surface area contributed by atoms with Crippen molar-refractivity contribution in [2.24, 2.45) is 0 Å². The zero-order valence-corrected chi connectivity index (χ0v) is 15.4. The van der Waals surface area contributed by atoms with Crippen molar-refractivity contribution >= 4 is 43.6 Å². The Hall–Kier alpha value is -2.13. The summed E-state index contributed by atoms with van der Waals surface area (Å²) >= 11 is 3.55. The minimum atomic E-state index is -0.580. The lowest BCUT2D eigenvalue weighted by molar-refractivity contribution is 0.428. The molecule has 2 aliphatic rings. The van der Waals surface area contributed by atoms with E-state index in [0.717, 1.165) is 25.9 Å². The average molecular weight is 423 g/mol. The van der Waals surface area contributed by atoms with Crippen LogP contribution in [0.2, 0.25) is 0 Å². The maximum atomic E-state index is 15.0. The lowest BCUT2D eigenvalue weighted by Crippen LogP contribution is -2.44. The van der Waals surface area contributed by atoms with E-state index < -0.39 is 16.8 Å². The Kier molecular flexibility index (Phi) is 3.51. The number of nitrogens with zero attached hydrogens (tertiary/aromatic N) is 2. The highest BCUT2D eigenvalue weighted by Gasteiger charge is 2.32. The van der Waals surface area contributed by atoms with Crippen LogP contribution in [0.4, 0.5) is 10.1 Å². The molecular weight excluding hydrogens is 407 g/mol. The van der Waals surface area contributed by atoms with Crippen molar-refractivity contribution in [1.29, 1.82) is 0 Å². The molecule has 1 aliphatic carbocycles. The van der Waals surface area contributed by atoms with Crippen LogP contribution in [0.15, 0.2) is 24.7 Å². The molecule has 0 radical (unpaired) electrons. The highest BCUT2D eigenvalue weighted by atomic mass is 79.9. The molecule has 5 rings (SSSR count). The Morgan fingerprint density at radius 1 is 1.23 bits per heavy atom. The van der Waals surface area contributed by atoms with Crippen molar-refractivity contribution in [2.45, 2.75) is 18.9 Å². The molecule has 1 aliphatic heterocycles. The molecule has 3 heterocycles. The summed E-state index contributed by atoms with van der Waals surface area (Å²) in [7, 11) is 0. The second-order valence-corrected chi connectivity index (χ2v) is 7.59. The second kappa shape index (κ2) is 5.68. The zero-order valence-electron chi connectivity index (χ0n) is 13.8. The van der Waals surface area contributed by atoms with Crippen LogP contribution in [-0.2, 0) is 0 Å². The summed E-state index contributed by atoms with van der Waals surface area (Å²) in [6.07, 6.45) is 1.85. The van der Waals surface area contributed by atoms with E-state index in [-0.39, 0.29) is 22.5 Å². The molecule has 0 amide bonds. The number of benzene rings is 1. The summed E-state index contributed by atoms with van der Waals surface area (Å²) in [6.45, 7) is 2.89. The number of piperazine rings is 1. The number of nitrogens with one attached hydrogen (secondary N) is 2. The molecule has 9 heteroatoms. The fourth-order valence-corrected chi connectivity index (χ4v) is 4.61. The fourth-order valence-electron chi connectivity index (χ4n) is 3.77. The molecule has 1 aromatic carbocycles. The normalized spacial score (nSPS) is 18.2. The van der Waals surface area contributed by atoms with Gasteiger partial charge in [-0.1, -0.05) is 0 Å². The van der Waals surface area contributed by atoms with E-state index in [4.69, 9.17) is 4.52 Å². The third-order valence-electron chi connectivity index (χ3n) is 5.13. The van der Waals surface area contributed by atoms with Crippen molar-refractivity contribution in [1.82, 2.24) is 15.0 Å². The number of halogens is 2. The molecule has 26 heavy (non-hydrogen) atoms. The van der Waals surface area contributed by atoms with Gasteiger partial charge in [-0.15, -0.1) is 0 Å². The van der Waals surface area contributed by atoms with E-state index in [1.165, 1.54) is 6.07 Å². The Labute approximate surface area is 154 Å². The first-order valence-electron chi connectivity index (χ1n) is 8.61.